The van der Waals surface area contributed by atoms with Crippen molar-refractivity contribution in [2.45, 2.75) is 6.92 Å². The number of nitrogens with zero attached hydrogens (tertiary/aromatic N) is 1. The Labute approximate surface area is 149 Å². The largest absolute Gasteiger partial charge is 0.497 e. The van der Waals surface area contributed by atoms with E-state index in [2.05, 4.69) is 10.3 Å². The third-order valence-electron chi connectivity index (χ3n) is 3.52. The highest BCUT2D eigenvalue weighted by atomic mass is 32.1. The Morgan fingerprint density at radius 1 is 1.16 bits per heavy atom. The van der Waals surface area contributed by atoms with Crippen LogP contribution in [0.2, 0.25) is 0 Å². The van der Waals surface area contributed by atoms with E-state index in [0.717, 1.165) is 10.2 Å². The van der Waals surface area contributed by atoms with Gasteiger partial charge < -0.3 is 14.2 Å². The number of carbonyl (C=O) groups excluding carboxylic acids is 1. The van der Waals surface area contributed by atoms with Crippen molar-refractivity contribution in [3.05, 3.63) is 42.0 Å². The summed E-state index contributed by atoms with van der Waals surface area (Å²) in [5.41, 5.74) is 1.17. The van der Waals surface area contributed by atoms with Crippen molar-refractivity contribution in [3.8, 4) is 17.2 Å². The van der Waals surface area contributed by atoms with Crippen LogP contribution in [0.25, 0.3) is 10.2 Å². The van der Waals surface area contributed by atoms with Gasteiger partial charge in [-0.05, 0) is 31.2 Å². The summed E-state index contributed by atoms with van der Waals surface area (Å²) >= 11 is 1.39. The van der Waals surface area contributed by atoms with Gasteiger partial charge in [-0.15, -0.1) is 0 Å². The smallest absolute Gasteiger partial charge is 0.257 e. The highest BCUT2D eigenvalue weighted by molar-refractivity contribution is 7.22. The van der Waals surface area contributed by atoms with Crippen molar-refractivity contribution in [1.82, 2.24) is 4.98 Å². The number of para-hydroxylation sites is 1. The number of nitrogens with one attached hydrogen (secondary N) is 1. The summed E-state index contributed by atoms with van der Waals surface area (Å²) in [6.45, 7) is 2.48. The molecule has 1 amide bonds. The molecule has 0 saturated heterocycles. The van der Waals surface area contributed by atoms with Crippen LogP contribution in [0.1, 0.15) is 17.3 Å². The maximum Gasteiger partial charge on any atom is 0.257 e. The van der Waals surface area contributed by atoms with Gasteiger partial charge in [0.15, 0.2) is 5.13 Å². The minimum atomic E-state index is -0.283. The first-order valence-electron chi connectivity index (χ1n) is 7.71. The molecule has 2 aromatic carbocycles. The number of hydrogen-bond acceptors (Lipinski definition) is 6. The second-order valence-electron chi connectivity index (χ2n) is 5.11. The average molecular weight is 358 g/mol. The number of amides is 1. The van der Waals surface area contributed by atoms with Gasteiger partial charge in [-0.25, -0.2) is 4.98 Å². The summed E-state index contributed by atoms with van der Waals surface area (Å²) in [6.07, 6.45) is 0. The quantitative estimate of drug-likeness (QED) is 0.722. The monoisotopic (exact) mass is 358 g/mol. The second-order valence-corrected chi connectivity index (χ2v) is 6.14. The Kier molecular flexibility index (Phi) is 5.04. The number of aromatic nitrogens is 1. The molecule has 3 aromatic rings. The van der Waals surface area contributed by atoms with Crippen molar-refractivity contribution in [2.75, 3.05) is 26.1 Å². The number of hydrogen-bond donors (Lipinski definition) is 1. The van der Waals surface area contributed by atoms with E-state index in [1.807, 2.05) is 25.1 Å². The molecule has 0 aliphatic heterocycles. The van der Waals surface area contributed by atoms with E-state index in [1.54, 1.807) is 32.4 Å². The first-order chi connectivity index (χ1) is 12.1. The Bertz CT molecular complexity index is 885. The van der Waals surface area contributed by atoms with E-state index in [4.69, 9.17) is 14.2 Å². The fraction of sp³-hybridized carbons (Fsp3) is 0.222. The molecule has 0 aliphatic rings. The number of rotatable bonds is 6. The molecule has 3 rings (SSSR count). The minimum absolute atomic E-state index is 0.283. The molecule has 6 nitrogen and oxygen atoms in total. The van der Waals surface area contributed by atoms with Gasteiger partial charge >= 0.3 is 0 Å². The van der Waals surface area contributed by atoms with E-state index in [9.17, 15) is 4.79 Å². The minimum Gasteiger partial charge on any atom is -0.497 e. The molecule has 0 unspecified atom stereocenters. The molecule has 7 heteroatoms. The third-order valence-corrected chi connectivity index (χ3v) is 4.45. The van der Waals surface area contributed by atoms with Gasteiger partial charge in [0.25, 0.3) is 5.91 Å². The molecule has 0 fully saturated rings. The molecule has 0 aliphatic carbocycles. The van der Waals surface area contributed by atoms with E-state index in [0.29, 0.717) is 34.6 Å². The zero-order chi connectivity index (χ0) is 17.8. The highest BCUT2D eigenvalue weighted by Crippen LogP contribution is 2.32. The lowest BCUT2D eigenvalue weighted by atomic mass is 10.2. The molecule has 0 atom stereocenters. The number of carbonyl (C=O) groups is 1. The van der Waals surface area contributed by atoms with E-state index in [1.165, 1.54) is 11.3 Å². The summed E-state index contributed by atoms with van der Waals surface area (Å²) in [5.74, 6) is 1.52. The Hall–Kier alpha value is -2.80. The van der Waals surface area contributed by atoms with Gasteiger partial charge in [-0.1, -0.05) is 17.4 Å². The number of fused-ring (bicyclic) bond motifs is 1. The van der Waals surface area contributed by atoms with Gasteiger partial charge in [0, 0.05) is 11.6 Å². The topological polar surface area (TPSA) is 69.7 Å². The summed E-state index contributed by atoms with van der Waals surface area (Å²) in [5, 5.41) is 3.33. The molecule has 25 heavy (non-hydrogen) atoms. The van der Waals surface area contributed by atoms with Crippen LogP contribution in [0.4, 0.5) is 5.13 Å². The zero-order valence-corrected chi connectivity index (χ0v) is 15.0. The van der Waals surface area contributed by atoms with Crippen LogP contribution in [0.5, 0.6) is 17.2 Å². The number of methoxy groups -OCH3 is 2. The predicted molar refractivity (Wildman–Crippen MR) is 98.3 cm³/mol. The van der Waals surface area contributed by atoms with Crippen molar-refractivity contribution in [1.29, 1.82) is 0 Å². The third kappa shape index (κ3) is 3.66. The molecule has 0 radical (unpaired) electrons. The molecule has 1 heterocycles. The predicted octanol–water partition coefficient (Wildman–Crippen LogP) is 3.96. The average Bonchev–Trinajstić information content (AvgIpc) is 3.04. The molecule has 1 aromatic heterocycles. The summed E-state index contributed by atoms with van der Waals surface area (Å²) < 4.78 is 16.9. The van der Waals surface area contributed by atoms with E-state index in [-0.39, 0.29) is 5.91 Å². The second kappa shape index (κ2) is 7.40. The van der Waals surface area contributed by atoms with Crippen LogP contribution >= 0.6 is 11.3 Å². The van der Waals surface area contributed by atoms with Gasteiger partial charge in [0.1, 0.15) is 22.8 Å². The number of benzene rings is 2. The molecule has 1 N–H and O–H groups in total. The van der Waals surface area contributed by atoms with Crippen molar-refractivity contribution >= 4 is 32.6 Å². The van der Waals surface area contributed by atoms with Gasteiger partial charge in [-0.2, -0.15) is 0 Å². The number of anilines is 1. The summed E-state index contributed by atoms with van der Waals surface area (Å²) in [7, 11) is 3.08. The highest BCUT2D eigenvalue weighted by Gasteiger charge is 2.14. The maximum absolute atomic E-state index is 12.6. The maximum atomic E-state index is 12.6. The lowest BCUT2D eigenvalue weighted by molar-refractivity contribution is 0.102. The Morgan fingerprint density at radius 2 is 1.88 bits per heavy atom. The standard InChI is InChI=1S/C18H18N2O4S/c1-4-24-14-6-5-7-15-16(14)19-18(25-15)20-17(21)11-8-12(22-2)10-13(9-11)23-3/h5-10H,4H2,1-3H3,(H,19,20,21). The van der Waals surface area contributed by atoms with Gasteiger partial charge in [0.2, 0.25) is 0 Å². The van der Waals surface area contributed by atoms with Crippen LogP contribution in [0, 0.1) is 0 Å². The fourth-order valence-corrected chi connectivity index (χ4v) is 3.24. The van der Waals surface area contributed by atoms with Crippen LogP contribution < -0.4 is 19.5 Å². The summed E-state index contributed by atoms with van der Waals surface area (Å²) in [4.78, 5) is 17.0. The van der Waals surface area contributed by atoms with E-state index < -0.39 is 0 Å². The first-order valence-corrected chi connectivity index (χ1v) is 8.53. The molecule has 0 bridgehead atoms. The summed E-state index contributed by atoms with van der Waals surface area (Å²) in [6, 6.07) is 10.7. The zero-order valence-electron chi connectivity index (χ0n) is 14.2. The molecular weight excluding hydrogens is 340 g/mol. The number of thiazole rings is 1. The molecular formula is C18H18N2O4S. The van der Waals surface area contributed by atoms with Crippen molar-refractivity contribution in [2.24, 2.45) is 0 Å². The number of ether oxygens (including phenoxy) is 3. The van der Waals surface area contributed by atoms with Gasteiger partial charge in [0.05, 0.1) is 25.5 Å². The van der Waals surface area contributed by atoms with Crippen LogP contribution in [-0.2, 0) is 0 Å². The molecule has 130 valence electrons. The van der Waals surface area contributed by atoms with Crippen LogP contribution in [-0.4, -0.2) is 31.7 Å². The normalized spacial score (nSPS) is 10.5. The van der Waals surface area contributed by atoms with Crippen LogP contribution in [0.3, 0.4) is 0 Å². The lowest BCUT2D eigenvalue weighted by Crippen LogP contribution is -2.12. The Balaban J connectivity index is 1.88. The first kappa shape index (κ1) is 17.0. The Morgan fingerprint density at radius 3 is 2.52 bits per heavy atom. The van der Waals surface area contributed by atoms with Gasteiger partial charge in [-0.3, -0.25) is 10.1 Å². The lowest BCUT2D eigenvalue weighted by Gasteiger charge is -2.08. The van der Waals surface area contributed by atoms with E-state index >= 15 is 0 Å². The molecule has 0 saturated carbocycles. The van der Waals surface area contributed by atoms with Crippen molar-refractivity contribution in [3.63, 3.8) is 0 Å². The van der Waals surface area contributed by atoms with Crippen LogP contribution in [0.15, 0.2) is 36.4 Å². The van der Waals surface area contributed by atoms with Crippen molar-refractivity contribution < 1.29 is 19.0 Å². The fourth-order valence-electron chi connectivity index (χ4n) is 2.36. The SMILES string of the molecule is CCOc1cccc2sc(NC(=O)c3cc(OC)cc(OC)c3)nc12. The molecule has 0 spiro atoms.